The van der Waals surface area contributed by atoms with Crippen molar-refractivity contribution in [1.29, 1.82) is 0 Å². The zero-order valence-electron chi connectivity index (χ0n) is 8.75. The van der Waals surface area contributed by atoms with Gasteiger partial charge in [-0.2, -0.15) is 0 Å². The first kappa shape index (κ1) is 10.2. The maximum absolute atomic E-state index is 5.77. The van der Waals surface area contributed by atoms with Gasteiger partial charge in [0.25, 0.3) is 0 Å². The van der Waals surface area contributed by atoms with Crippen molar-refractivity contribution in [2.24, 2.45) is 0 Å². The zero-order valence-corrected chi connectivity index (χ0v) is 8.75. The van der Waals surface area contributed by atoms with E-state index < -0.39 is 0 Å². The zero-order chi connectivity index (χ0) is 11.4. The molecule has 0 radical (unpaired) electrons. The Morgan fingerprint density at radius 1 is 1.25 bits per heavy atom. The van der Waals surface area contributed by atoms with Gasteiger partial charge in [0.05, 0.1) is 12.8 Å². The maximum atomic E-state index is 5.77. The van der Waals surface area contributed by atoms with E-state index in [0.717, 1.165) is 0 Å². The molecule has 1 heterocycles. The van der Waals surface area contributed by atoms with Crippen LogP contribution in [0.1, 0.15) is 0 Å². The molecule has 16 heavy (non-hydrogen) atoms. The molecule has 2 N–H and O–H groups in total. The summed E-state index contributed by atoms with van der Waals surface area (Å²) in [5.41, 5.74) is 6.30. The average molecular weight is 217 g/mol. The lowest BCUT2D eigenvalue weighted by Crippen LogP contribution is -1.94. The normalized spacial score (nSPS) is 9.81. The van der Waals surface area contributed by atoms with Gasteiger partial charge in [-0.25, -0.2) is 9.97 Å². The van der Waals surface area contributed by atoms with E-state index in [9.17, 15) is 0 Å². The van der Waals surface area contributed by atoms with Gasteiger partial charge in [0.2, 0.25) is 5.88 Å². The van der Waals surface area contributed by atoms with Crippen molar-refractivity contribution in [1.82, 2.24) is 9.97 Å². The molecule has 0 spiro atoms. The van der Waals surface area contributed by atoms with Crippen LogP contribution in [0.4, 0.5) is 5.69 Å². The monoisotopic (exact) mass is 217 g/mol. The maximum Gasteiger partial charge on any atom is 0.222 e. The molecule has 0 aliphatic heterocycles. The molecule has 0 saturated heterocycles. The van der Waals surface area contributed by atoms with Crippen molar-refractivity contribution in [2.75, 3.05) is 12.8 Å². The molecule has 0 aliphatic rings. The molecule has 1 aromatic heterocycles. The Labute approximate surface area is 92.9 Å². The lowest BCUT2D eigenvalue weighted by atomic mass is 10.3. The number of hydrogen-bond acceptors (Lipinski definition) is 5. The van der Waals surface area contributed by atoms with E-state index in [2.05, 4.69) is 9.97 Å². The average Bonchev–Trinajstić information content (AvgIpc) is 2.33. The highest BCUT2D eigenvalue weighted by Crippen LogP contribution is 2.29. The first-order chi connectivity index (χ1) is 7.79. The van der Waals surface area contributed by atoms with Crippen molar-refractivity contribution >= 4 is 5.69 Å². The first-order valence-corrected chi connectivity index (χ1v) is 4.67. The standard InChI is InChI=1S/C11H11N3O2/c1-15-8-2-3-9(12)10(6-8)16-11-4-5-13-7-14-11/h2-7H,12H2,1H3. The van der Waals surface area contributed by atoms with Crippen LogP contribution in [0.5, 0.6) is 17.4 Å². The van der Waals surface area contributed by atoms with E-state index >= 15 is 0 Å². The van der Waals surface area contributed by atoms with E-state index in [1.54, 1.807) is 37.6 Å². The summed E-state index contributed by atoms with van der Waals surface area (Å²) in [6.45, 7) is 0. The Morgan fingerprint density at radius 2 is 2.12 bits per heavy atom. The Morgan fingerprint density at radius 3 is 2.81 bits per heavy atom. The van der Waals surface area contributed by atoms with Crippen LogP contribution < -0.4 is 15.2 Å². The minimum Gasteiger partial charge on any atom is -0.497 e. The number of anilines is 1. The molecule has 2 rings (SSSR count). The van der Waals surface area contributed by atoms with Crippen LogP contribution in [0.2, 0.25) is 0 Å². The number of benzene rings is 1. The van der Waals surface area contributed by atoms with Crippen molar-refractivity contribution in [3.63, 3.8) is 0 Å². The van der Waals surface area contributed by atoms with Crippen molar-refractivity contribution in [3.05, 3.63) is 36.8 Å². The molecule has 0 amide bonds. The van der Waals surface area contributed by atoms with Crippen LogP contribution in [-0.2, 0) is 0 Å². The van der Waals surface area contributed by atoms with Crippen LogP contribution in [0.15, 0.2) is 36.8 Å². The summed E-state index contributed by atoms with van der Waals surface area (Å²) >= 11 is 0. The predicted molar refractivity (Wildman–Crippen MR) is 59.5 cm³/mol. The van der Waals surface area contributed by atoms with Gasteiger partial charge in [-0.1, -0.05) is 0 Å². The van der Waals surface area contributed by atoms with Crippen LogP contribution >= 0.6 is 0 Å². The second-order valence-electron chi connectivity index (χ2n) is 3.05. The van der Waals surface area contributed by atoms with Gasteiger partial charge in [-0.3, -0.25) is 0 Å². The molecule has 0 unspecified atom stereocenters. The van der Waals surface area contributed by atoms with Gasteiger partial charge in [0.1, 0.15) is 12.1 Å². The minimum absolute atomic E-state index is 0.440. The number of ether oxygens (including phenoxy) is 2. The number of hydrogen-bond donors (Lipinski definition) is 1. The number of nitrogens with two attached hydrogens (primary N) is 1. The van der Waals surface area contributed by atoms with Crippen molar-refractivity contribution in [2.45, 2.75) is 0 Å². The number of methoxy groups -OCH3 is 1. The van der Waals surface area contributed by atoms with Gasteiger partial charge < -0.3 is 15.2 Å². The quantitative estimate of drug-likeness (QED) is 0.794. The lowest BCUT2D eigenvalue weighted by Gasteiger charge is -2.08. The molecule has 2 aromatic rings. The summed E-state index contributed by atoms with van der Waals surface area (Å²) in [5.74, 6) is 1.63. The number of aromatic nitrogens is 2. The fourth-order valence-corrected chi connectivity index (χ4v) is 1.18. The summed E-state index contributed by atoms with van der Waals surface area (Å²) in [6, 6.07) is 6.84. The fraction of sp³-hybridized carbons (Fsp3) is 0.0909. The molecular formula is C11H11N3O2. The molecule has 0 fully saturated rings. The molecule has 0 aliphatic carbocycles. The second-order valence-corrected chi connectivity index (χ2v) is 3.05. The third kappa shape index (κ3) is 2.20. The van der Waals surface area contributed by atoms with Gasteiger partial charge in [0.15, 0.2) is 5.75 Å². The summed E-state index contributed by atoms with van der Waals surface area (Å²) in [4.78, 5) is 7.74. The SMILES string of the molecule is COc1ccc(N)c(Oc2ccncn2)c1. The smallest absolute Gasteiger partial charge is 0.222 e. The van der Waals surface area contributed by atoms with Gasteiger partial charge in [-0.05, 0) is 12.1 Å². The van der Waals surface area contributed by atoms with Crippen LogP contribution in [0.25, 0.3) is 0 Å². The Balaban J connectivity index is 2.27. The van der Waals surface area contributed by atoms with Crippen LogP contribution in [0.3, 0.4) is 0 Å². The van der Waals surface area contributed by atoms with E-state index in [4.69, 9.17) is 15.2 Å². The molecule has 82 valence electrons. The highest BCUT2D eigenvalue weighted by molar-refractivity contribution is 5.56. The molecule has 5 nitrogen and oxygen atoms in total. The molecule has 5 heteroatoms. The summed E-state index contributed by atoms with van der Waals surface area (Å²) in [7, 11) is 1.58. The summed E-state index contributed by atoms with van der Waals surface area (Å²) in [6.07, 6.45) is 3.00. The third-order valence-electron chi connectivity index (χ3n) is 1.99. The molecule has 0 saturated carbocycles. The van der Waals surface area contributed by atoms with Crippen LogP contribution in [-0.4, -0.2) is 17.1 Å². The van der Waals surface area contributed by atoms with E-state index in [0.29, 0.717) is 23.1 Å². The number of nitrogens with zero attached hydrogens (tertiary/aromatic N) is 2. The first-order valence-electron chi connectivity index (χ1n) is 4.67. The minimum atomic E-state index is 0.440. The fourth-order valence-electron chi connectivity index (χ4n) is 1.18. The lowest BCUT2D eigenvalue weighted by molar-refractivity contribution is 0.408. The van der Waals surface area contributed by atoms with Gasteiger partial charge >= 0.3 is 0 Å². The number of nitrogen functional groups attached to an aromatic ring is 1. The largest absolute Gasteiger partial charge is 0.497 e. The van der Waals surface area contributed by atoms with Gasteiger partial charge in [0, 0.05) is 18.3 Å². The molecule has 0 atom stereocenters. The Hall–Kier alpha value is -2.30. The molecular weight excluding hydrogens is 206 g/mol. The van der Waals surface area contributed by atoms with E-state index in [1.165, 1.54) is 6.33 Å². The van der Waals surface area contributed by atoms with Crippen molar-refractivity contribution < 1.29 is 9.47 Å². The molecule has 0 bridgehead atoms. The summed E-state index contributed by atoms with van der Waals surface area (Å²) < 4.78 is 10.6. The Bertz CT molecular complexity index is 474. The topological polar surface area (TPSA) is 70.3 Å². The third-order valence-corrected chi connectivity index (χ3v) is 1.99. The second kappa shape index (κ2) is 4.48. The van der Waals surface area contributed by atoms with Gasteiger partial charge in [-0.15, -0.1) is 0 Å². The van der Waals surface area contributed by atoms with E-state index in [-0.39, 0.29) is 0 Å². The number of rotatable bonds is 3. The predicted octanol–water partition coefficient (Wildman–Crippen LogP) is 1.86. The highest BCUT2D eigenvalue weighted by atomic mass is 16.5. The molecule has 1 aromatic carbocycles. The van der Waals surface area contributed by atoms with E-state index in [1.807, 2.05) is 0 Å². The highest BCUT2D eigenvalue weighted by Gasteiger charge is 2.04. The summed E-state index contributed by atoms with van der Waals surface area (Å²) in [5, 5.41) is 0. The van der Waals surface area contributed by atoms with Crippen LogP contribution in [0, 0.1) is 0 Å². The Kier molecular flexibility index (Phi) is 2.86. The van der Waals surface area contributed by atoms with Crippen molar-refractivity contribution in [3.8, 4) is 17.4 Å².